The summed E-state index contributed by atoms with van der Waals surface area (Å²) in [5, 5.41) is 2.07. The van der Waals surface area contributed by atoms with Gasteiger partial charge in [-0.3, -0.25) is 4.79 Å². The third-order valence-corrected chi connectivity index (χ3v) is 3.58. The molecule has 15 heavy (non-hydrogen) atoms. The summed E-state index contributed by atoms with van der Waals surface area (Å²) in [6.07, 6.45) is 0. The van der Waals surface area contributed by atoms with Crippen LogP contribution >= 0.6 is 27.3 Å². The normalized spacial score (nSPS) is 11.5. The molecule has 0 fully saturated rings. The van der Waals surface area contributed by atoms with Gasteiger partial charge in [-0.05, 0) is 32.9 Å². The minimum absolute atomic E-state index is 0.171. The maximum absolute atomic E-state index is 11.9. The number of carbonyl (C=O) groups is 1. The molecular formula is C11H16BrNOS. The van der Waals surface area contributed by atoms with Gasteiger partial charge in [-0.2, -0.15) is 0 Å². The summed E-state index contributed by atoms with van der Waals surface area (Å²) < 4.78 is 1.11. The minimum Gasteiger partial charge on any atom is -0.341 e. The van der Waals surface area contributed by atoms with E-state index in [0.717, 1.165) is 3.79 Å². The lowest BCUT2D eigenvalue weighted by atomic mass is 9.95. The highest BCUT2D eigenvalue weighted by atomic mass is 79.9. The van der Waals surface area contributed by atoms with Gasteiger partial charge in [0.05, 0.1) is 3.79 Å². The van der Waals surface area contributed by atoms with E-state index in [-0.39, 0.29) is 11.3 Å². The standard InChI is InChI=1S/C11H16BrNOS/c1-11(2,3)10(14)13(4)6-8-5-9(12)15-7-8/h5,7H,6H2,1-4H3. The molecule has 2 nitrogen and oxygen atoms in total. The molecule has 0 spiro atoms. The number of rotatable bonds is 2. The van der Waals surface area contributed by atoms with Crippen LogP contribution in [0.2, 0.25) is 0 Å². The zero-order valence-corrected chi connectivity index (χ0v) is 11.9. The van der Waals surface area contributed by atoms with Crippen molar-refractivity contribution in [1.29, 1.82) is 0 Å². The van der Waals surface area contributed by atoms with Gasteiger partial charge in [0.15, 0.2) is 0 Å². The first-order chi connectivity index (χ1) is 6.80. The van der Waals surface area contributed by atoms with Crippen molar-refractivity contribution in [3.8, 4) is 0 Å². The van der Waals surface area contributed by atoms with Gasteiger partial charge >= 0.3 is 0 Å². The largest absolute Gasteiger partial charge is 0.341 e. The molecule has 1 aromatic rings. The summed E-state index contributed by atoms with van der Waals surface area (Å²) in [6, 6.07) is 2.05. The van der Waals surface area contributed by atoms with Gasteiger partial charge < -0.3 is 4.90 Å². The Morgan fingerprint density at radius 2 is 2.13 bits per heavy atom. The van der Waals surface area contributed by atoms with Crippen molar-refractivity contribution in [2.75, 3.05) is 7.05 Å². The lowest BCUT2D eigenvalue weighted by molar-refractivity contribution is -0.138. The number of nitrogens with zero attached hydrogens (tertiary/aromatic N) is 1. The van der Waals surface area contributed by atoms with Crippen LogP contribution in [-0.4, -0.2) is 17.9 Å². The van der Waals surface area contributed by atoms with Crippen LogP contribution in [0.3, 0.4) is 0 Å². The molecule has 0 aliphatic heterocycles. The number of hydrogen-bond donors (Lipinski definition) is 0. The van der Waals surface area contributed by atoms with Crippen LogP contribution in [-0.2, 0) is 11.3 Å². The Kier molecular flexibility index (Phi) is 3.95. The average Bonchev–Trinajstić information content (AvgIpc) is 2.48. The molecule has 0 saturated carbocycles. The van der Waals surface area contributed by atoms with Crippen LogP contribution in [0.1, 0.15) is 26.3 Å². The second-order valence-corrected chi connectivity index (χ2v) is 6.96. The maximum atomic E-state index is 11.9. The lowest BCUT2D eigenvalue weighted by Crippen LogP contribution is -2.36. The van der Waals surface area contributed by atoms with E-state index in [4.69, 9.17) is 0 Å². The Morgan fingerprint density at radius 3 is 2.53 bits per heavy atom. The van der Waals surface area contributed by atoms with Gasteiger partial charge in [-0.1, -0.05) is 20.8 Å². The van der Waals surface area contributed by atoms with Gasteiger partial charge in [0.25, 0.3) is 0 Å². The van der Waals surface area contributed by atoms with E-state index in [1.165, 1.54) is 5.56 Å². The van der Waals surface area contributed by atoms with E-state index >= 15 is 0 Å². The lowest BCUT2D eigenvalue weighted by Gasteiger charge is -2.25. The highest BCUT2D eigenvalue weighted by Crippen LogP contribution is 2.23. The number of thiophene rings is 1. The Labute approximate surface area is 103 Å². The molecule has 1 rings (SSSR count). The van der Waals surface area contributed by atoms with E-state index < -0.39 is 0 Å². The van der Waals surface area contributed by atoms with Crippen molar-refractivity contribution < 1.29 is 4.79 Å². The Balaban J connectivity index is 2.64. The summed E-state index contributed by atoms with van der Waals surface area (Å²) in [4.78, 5) is 13.7. The van der Waals surface area contributed by atoms with Gasteiger partial charge in [-0.15, -0.1) is 11.3 Å². The first kappa shape index (κ1) is 12.7. The molecule has 0 aliphatic carbocycles. The fourth-order valence-corrected chi connectivity index (χ4v) is 2.55. The van der Waals surface area contributed by atoms with E-state index in [1.54, 1.807) is 16.2 Å². The summed E-state index contributed by atoms with van der Waals surface area (Å²) >= 11 is 5.06. The molecule has 0 bridgehead atoms. The molecule has 0 saturated heterocycles. The minimum atomic E-state index is -0.304. The molecule has 1 amide bonds. The smallest absolute Gasteiger partial charge is 0.227 e. The Hall–Kier alpha value is -0.350. The predicted octanol–water partition coefficient (Wildman–Crippen LogP) is 3.52. The molecular weight excluding hydrogens is 274 g/mol. The van der Waals surface area contributed by atoms with Crippen LogP contribution in [0, 0.1) is 5.41 Å². The van der Waals surface area contributed by atoms with Crippen molar-refractivity contribution in [3.63, 3.8) is 0 Å². The molecule has 0 radical (unpaired) electrons. The van der Waals surface area contributed by atoms with Crippen molar-refractivity contribution >= 4 is 33.2 Å². The van der Waals surface area contributed by atoms with Crippen molar-refractivity contribution in [2.24, 2.45) is 5.41 Å². The topological polar surface area (TPSA) is 20.3 Å². The molecule has 1 heterocycles. The van der Waals surface area contributed by atoms with Crippen LogP contribution < -0.4 is 0 Å². The van der Waals surface area contributed by atoms with E-state index in [2.05, 4.69) is 27.4 Å². The van der Waals surface area contributed by atoms with Crippen molar-refractivity contribution in [1.82, 2.24) is 4.90 Å². The highest BCUT2D eigenvalue weighted by Gasteiger charge is 2.24. The molecule has 4 heteroatoms. The average molecular weight is 290 g/mol. The second-order valence-electron chi connectivity index (χ2n) is 4.67. The van der Waals surface area contributed by atoms with Gasteiger partial charge in [0, 0.05) is 19.0 Å². The third-order valence-electron chi connectivity index (χ3n) is 2.03. The van der Waals surface area contributed by atoms with Gasteiger partial charge in [0.1, 0.15) is 0 Å². The Bertz CT molecular complexity index is 354. The van der Waals surface area contributed by atoms with Gasteiger partial charge in [0.2, 0.25) is 5.91 Å². The molecule has 0 aromatic carbocycles. The second kappa shape index (κ2) is 4.66. The van der Waals surface area contributed by atoms with Gasteiger partial charge in [-0.25, -0.2) is 0 Å². The molecule has 0 atom stereocenters. The van der Waals surface area contributed by atoms with Crippen LogP contribution in [0.25, 0.3) is 0 Å². The molecule has 0 N–H and O–H groups in total. The third kappa shape index (κ3) is 3.61. The number of carbonyl (C=O) groups excluding carboxylic acids is 1. The Morgan fingerprint density at radius 1 is 1.53 bits per heavy atom. The van der Waals surface area contributed by atoms with E-state index in [1.807, 2.05) is 27.8 Å². The van der Waals surface area contributed by atoms with Crippen LogP contribution in [0.15, 0.2) is 15.2 Å². The predicted molar refractivity (Wildman–Crippen MR) is 67.9 cm³/mol. The summed E-state index contributed by atoms with van der Waals surface area (Å²) in [7, 11) is 1.85. The summed E-state index contributed by atoms with van der Waals surface area (Å²) in [6.45, 7) is 6.50. The van der Waals surface area contributed by atoms with Crippen molar-refractivity contribution in [2.45, 2.75) is 27.3 Å². The molecule has 0 unspecified atom stereocenters. The fourth-order valence-electron chi connectivity index (χ4n) is 1.35. The highest BCUT2D eigenvalue weighted by molar-refractivity contribution is 9.11. The van der Waals surface area contributed by atoms with E-state index in [9.17, 15) is 4.79 Å². The molecule has 84 valence electrons. The quantitative estimate of drug-likeness (QED) is 0.816. The monoisotopic (exact) mass is 289 g/mol. The first-order valence-corrected chi connectivity index (χ1v) is 6.46. The number of hydrogen-bond acceptors (Lipinski definition) is 2. The summed E-state index contributed by atoms with van der Waals surface area (Å²) in [5.41, 5.74) is 0.870. The zero-order chi connectivity index (χ0) is 11.6. The van der Waals surface area contributed by atoms with Crippen molar-refractivity contribution in [3.05, 3.63) is 20.8 Å². The number of halogens is 1. The van der Waals surface area contributed by atoms with Crippen LogP contribution in [0.5, 0.6) is 0 Å². The molecule has 1 aromatic heterocycles. The fraction of sp³-hybridized carbons (Fsp3) is 0.545. The summed E-state index contributed by atoms with van der Waals surface area (Å²) in [5.74, 6) is 0.171. The molecule has 0 aliphatic rings. The van der Waals surface area contributed by atoms with E-state index in [0.29, 0.717) is 6.54 Å². The SMILES string of the molecule is CN(Cc1csc(Br)c1)C(=O)C(C)(C)C. The van der Waals surface area contributed by atoms with Crippen LogP contribution in [0.4, 0.5) is 0 Å². The maximum Gasteiger partial charge on any atom is 0.227 e. The number of amides is 1. The zero-order valence-electron chi connectivity index (χ0n) is 9.50. The first-order valence-electron chi connectivity index (χ1n) is 4.79.